The largest absolute Gasteiger partial charge is 0.378 e. The van der Waals surface area contributed by atoms with Gasteiger partial charge < -0.3 is 10.0 Å². The molecule has 0 aromatic rings. The molecule has 4 nitrogen and oxygen atoms in total. The molecule has 5 rings (SSSR count). The first-order valence-corrected chi connectivity index (χ1v) is 12.4. The number of Topliss-reactive ketones (excluding diaryl/α,β-unsaturated/α-hetero) is 1. The lowest BCUT2D eigenvalue weighted by Crippen LogP contribution is -2.51. The van der Waals surface area contributed by atoms with Gasteiger partial charge in [0.2, 0.25) is 0 Å². The number of hydrogen-bond acceptors (Lipinski definition) is 4. The van der Waals surface area contributed by atoms with E-state index in [4.69, 9.17) is 11.6 Å². The van der Waals surface area contributed by atoms with Gasteiger partial charge in [0.05, 0.1) is 18.9 Å². The summed E-state index contributed by atoms with van der Waals surface area (Å²) in [6.07, 6.45) is 15.0. The lowest BCUT2D eigenvalue weighted by molar-refractivity contribution is -0.131. The van der Waals surface area contributed by atoms with Crippen molar-refractivity contribution in [1.82, 2.24) is 4.90 Å². The first-order chi connectivity index (χ1) is 14.9. The van der Waals surface area contributed by atoms with Crippen molar-refractivity contribution in [3.63, 3.8) is 0 Å². The minimum absolute atomic E-state index is 0.141. The molecular formula is C26H33ClN2O2. The topological polar surface area (TPSA) is 52.9 Å². The van der Waals surface area contributed by atoms with Crippen LogP contribution in [-0.2, 0) is 4.79 Å². The number of nitrogens with zero attached hydrogens (tertiary/aromatic N) is 2. The number of carbonyl (C=O) groups is 1. The highest BCUT2D eigenvalue weighted by atomic mass is 35.5. The first kappa shape index (κ1) is 21.3. The summed E-state index contributed by atoms with van der Waals surface area (Å²) in [6, 6.07) is 0. The lowest BCUT2D eigenvalue weighted by Gasteiger charge is -2.56. The average molecular weight is 441 g/mol. The minimum Gasteiger partial charge on any atom is -0.378 e. The van der Waals surface area contributed by atoms with Crippen LogP contribution in [0, 0.1) is 52.2 Å². The molecule has 5 heteroatoms. The van der Waals surface area contributed by atoms with E-state index in [1.165, 1.54) is 25.7 Å². The smallest absolute Gasteiger partial charge is 0.156 e. The predicted octanol–water partition coefficient (Wildman–Crippen LogP) is 4.73. The molecule has 0 spiro atoms. The van der Waals surface area contributed by atoms with Gasteiger partial charge in [-0.1, -0.05) is 12.8 Å². The van der Waals surface area contributed by atoms with Crippen LogP contribution in [-0.4, -0.2) is 33.8 Å². The maximum absolute atomic E-state index is 13.3. The van der Waals surface area contributed by atoms with E-state index in [9.17, 15) is 9.90 Å². The predicted molar refractivity (Wildman–Crippen MR) is 122 cm³/mol. The lowest BCUT2D eigenvalue weighted by atomic mass is 9.49. The fourth-order valence-electron chi connectivity index (χ4n) is 8.31. The maximum atomic E-state index is 13.3. The van der Waals surface area contributed by atoms with Gasteiger partial charge in [-0.25, -0.2) is 4.99 Å². The van der Waals surface area contributed by atoms with Crippen LogP contribution in [0.25, 0.3) is 0 Å². The van der Waals surface area contributed by atoms with E-state index in [1.54, 1.807) is 12.4 Å². The number of aliphatic imine (C=N–C) groups is 1. The molecule has 0 amide bonds. The van der Waals surface area contributed by atoms with Crippen LogP contribution in [0.15, 0.2) is 23.6 Å². The molecule has 0 aromatic heterocycles. The summed E-state index contributed by atoms with van der Waals surface area (Å²) < 4.78 is 0. The van der Waals surface area contributed by atoms with Gasteiger partial charge in [0, 0.05) is 23.4 Å². The van der Waals surface area contributed by atoms with Gasteiger partial charge in [-0.15, -0.1) is 0 Å². The Hall–Kier alpha value is -1.53. The quantitative estimate of drug-likeness (QED) is 0.645. The van der Waals surface area contributed by atoms with Gasteiger partial charge in [0.1, 0.15) is 5.60 Å². The highest BCUT2D eigenvalue weighted by Gasteiger charge is 2.58. The Balaban J connectivity index is 1.29. The van der Waals surface area contributed by atoms with Gasteiger partial charge in [0.15, 0.2) is 5.78 Å². The Morgan fingerprint density at radius 2 is 2.03 bits per heavy atom. The van der Waals surface area contributed by atoms with Crippen LogP contribution < -0.4 is 0 Å². The summed E-state index contributed by atoms with van der Waals surface area (Å²) in [5.74, 6) is 9.69. The molecule has 1 aliphatic heterocycles. The zero-order chi connectivity index (χ0) is 21.6. The van der Waals surface area contributed by atoms with Crippen LogP contribution >= 0.6 is 11.6 Å². The standard InChI is InChI=1S/C26H33ClN2O2/c1-25-8-6-20-19-7-9-26(31,10-11-27)16-18(19)2-3-21(20)22(25)4-5-23(25)24(30)17-29-14-12-28-13-15-29/h12,14-15,18-23,31H,2-9,16-17H2,1H3/t18-,19+,20?,21?,22?,23-,25+,26+/m1/s1. The minimum atomic E-state index is -0.883. The van der Waals surface area contributed by atoms with Gasteiger partial charge in [-0.05, 0) is 104 Å². The first-order valence-electron chi connectivity index (χ1n) is 12.0. The second kappa shape index (κ2) is 8.11. The van der Waals surface area contributed by atoms with Gasteiger partial charge in [-0.3, -0.25) is 4.79 Å². The number of carbonyl (C=O) groups excluding carboxylic acids is 1. The van der Waals surface area contributed by atoms with E-state index >= 15 is 0 Å². The van der Waals surface area contributed by atoms with Crippen molar-refractivity contribution in [3.05, 3.63) is 18.6 Å². The van der Waals surface area contributed by atoms with E-state index in [0.717, 1.165) is 43.9 Å². The molecule has 5 aliphatic rings. The number of halogens is 1. The van der Waals surface area contributed by atoms with Crippen LogP contribution in [0.2, 0.25) is 0 Å². The average Bonchev–Trinajstić information content (AvgIpc) is 3.11. The van der Waals surface area contributed by atoms with Crippen LogP contribution in [0.1, 0.15) is 64.7 Å². The molecule has 0 aromatic carbocycles. The third-order valence-electron chi connectivity index (χ3n) is 9.65. The van der Waals surface area contributed by atoms with Crippen molar-refractivity contribution >= 4 is 23.3 Å². The Bertz CT molecular complexity index is 897. The number of aliphatic hydroxyl groups is 1. The van der Waals surface area contributed by atoms with Crippen molar-refractivity contribution in [3.8, 4) is 11.3 Å². The van der Waals surface area contributed by atoms with Crippen molar-refractivity contribution < 1.29 is 9.90 Å². The molecule has 166 valence electrons. The molecule has 1 N–H and O–H groups in total. The van der Waals surface area contributed by atoms with Gasteiger partial charge >= 0.3 is 0 Å². The molecule has 0 bridgehead atoms. The van der Waals surface area contributed by atoms with Crippen LogP contribution in [0.3, 0.4) is 0 Å². The summed E-state index contributed by atoms with van der Waals surface area (Å²) in [5.41, 5.74) is -0.742. The number of rotatable bonds is 3. The van der Waals surface area contributed by atoms with Gasteiger partial charge in [0.25, 0.3) is 0 Å². The Morgan fingerprint density at radius 3 is 2.81 bits per heavy atom. The van der Waals surface area contributed by atoms with Crippen molar-refractivity contribution in [1.29, 1.82) is 0 Å². The monoisotopic (exact) mass is 440 g/mol. The second-order valence-electron chi connectivity index (χ2n) is 10.9. The molecule has 4 saturated carbocycles. The van der Waals surface area contributed by atoms with Crippen molar-refractivity contribution in [2.24, 2.45) is 45.9 Å². The SMILES string of the molecule is C[C@]12CCC3C(CC[C@@H]4C[C@@](O)(C#CCl)CC[C@H]34)C1CC[C@@H]2C(=O)CN1C=C=NC=C1. The Kier molecular flexibility index (Phi) is 5.58. The number of fused-ring (bicyclic) bond motifs is 5. The summed E-state index contributed by atoms with van der Waals surface area (Å²) in [4.78, 5) is 19.1. The molecule has 0 radical (unpaired) electrons. The fraction of sp³-hybridized carbons (Fsp3) is 0.731. The Morgan fingerprint density at radius 1 is 1.19 bits per heavy atom. The van der Waals surface area contributed by atoms with Crippen LogP contribution in [0.5, 0.6) is 0 Å². The van der Waals surface area contributed by atoms with E-state index in [0.29, 0.717) is 30.1 Å². The summed E-state index contributed by atoms with van der Waals surface area (Å²) in [6.45, 7) is 2.85. The molecule has 4 aliphatic carbocycles. The molecule has 31 heavy (non-hydrogen) atoms. The Labute approximate surface area is 190 Å². The molecule has 3 unspecified atom stereocenters. The zero-order valence-corrected chi connectivity index (χ0v) is 19.2. The van der Waals surface area contributed by atoms with Crippen molar-refractivity contribution in [2.45, 2.75) is 70.3 Å². The third-order valence-corrected chi connectivity index (χ3v) is 9.74. The van der Waals surface area contributed by atoms with E-state index in [1.807, 2.05) is 11.1 Å². The fourth-order valence-corrected chi connectivity index (χ4v) is 8.49. The molecule has 8 atom stereocenters. The van der Waals surface area contributed by atoms with E-state index in [-0.39, 0.29) is 11.3 Å². The molecule has 0 saturated heterocycles. The third kappa shape index (κ3) is 3.70. The summed E-state index contributed by atoms with van der Waals surface area (Å²) in [5, 5.41) is 13.2. The van der Waals surface area contributed by atoms with E-state index in [2.05, 4.69) is 29.1 Å². The normalized spacial score (nSPS) is 45.3. The van der Waals surface area contributed by atoms with Crippen LogP contribution in [0.4, 0.5) is 0 Å². The molecule has 4 fully saturated rings. The van der Waals surface area contributed by atoms with Crippen molar-refractivity contribution in [2.75, 3.05) is 6.54 Å². The van der Waals surface area contributed by atoms with Gasteiger partial charge in [-0.2, -0.15) is 0 Å². The maximum Gasteiger partial charge on any atom is 0.156 e. The number of hydrogen-bond donors (Lipinski definition) is 1. The highest BCUT2D eigenvalue weighted by molar-refractivity contribution is 6.30. The molecule has 1 heterocycles. The molecular weight excluding hydrogens is 408 g/mol. The highest BCUT2D eigenvalue weighted by Crippen LogP contribution is 2.64. The summed E-state index contributed by atoms with van der Waals surface area (Å²) >= 11 is 5.62. The second-order valence-corrected chi connectivity index (χ2v) is 11.1. The number of ketones is 1. The van der Waals surface area contributed by atoms with E-state index < -0.39 is 5.60 Å². The summed E-state index contributed by atoms with van der Waals surface area (Å²) in [7, 11) is 0. The zero-order valence-electron chi connectivity index (χ0n) is 18.4.